The van der Waals surface area contributed by atoms with Gasteiger partial charge in [-0.15, -0.1) is 10.2 Å². The van der Waals surface area contributed by atoms with Crippen LogP contribution < -0.4 is 0 Å². The van der Waals surface area contributed by atoms with E-state index in [1.165, 1.54) is 16.9 Å². The van der Waals surface area contributed by atoms with Crippen molar-refractivity contribution < 1.29 is 9.34 Å². The summed E-state index contributed by atoms with van der Waals surface area (Å²) in [5, 5.41) is 23.4. The molecule has 0 N–H and O–H groups in total. The lowest BCUT2D eigenvalue weighted by Gasteiger charge is -2.00. The van der Waals surface area contributed by atoms with E-state index in [1.54, 1.807) is 0 Å². The van der Waals surface area contributed by atoms with E-state index in [0.717, 1.165) is 16.5 Å². The number of rotatable bonds is 4. The monoisotopic (exact) mass is 336 g/mol. The molecule has 3 aromatic heterocycles. The zero-order valence-electron chi connectivity index (χ0n) is 13.2. The van der Waals surface area contributed by atoms with Gasteiger partial charge in [-0.1, -0.05) is 17.7 Å². The highest BCUT2D eigenvalue weighted by molar-refractivity contribution is 5.81. The van der Waals surface area contributed by atoms with E-state index in [1.807, 2.05) is 31.2 Å². The van der Waals surface area contributed by atoms with Crippen molar-refractivity contribution in [2.24, 2.45) is 0 Å². The largest absolute Gasteiger partial charge is 0.417 e. The summed E-state index contributed by atoms with van der Waals surface area (Å²) in [7, 11) is 0. The fourth-order valence-electron chi connectivity index (χ4n) is 2.46. The average Bonchev–Trinajstić information content (AvgIpc) is 3.24. The molecule has 0 spiro atoms. The second kappa shape index (κ2) is 5.78. The number of fused-ring (bicyclic) bond motifs is 1. The van der Waals surface area contributed by atoms with Crippen LogP contribution in [-0.2, 0) is 6.54 Å². The predicted octanol–water partition coefficient (Wildman–Crippen LogP) is 2.75. The van der Waals surface area contributed by atoms with Crippen molar-refractivity contribution in [2.75, 3.05) is 0 Å². The zero-order valence-corrected chi connectivity index (χ0v) is 13.2. The van der Waals surface area contributed by atoms with Crippen molar-refractivity contribution in [3.8, 4) is 11.6 Å². The molecule has 4 rings (SSSR count). The van der Waals surface area contributed by atoms with Crippen LogP contribution >= 0.6 is 0 Å². The van der Waals surface area contributed by atoms with Gasteiger partial charge in [0.05, 0.1) is 22.9 Å². The fraction of sp³-hybridized carbons (Fsp3) is 0.125. The van der Waals surface area contributed by atoms with Crippen LogP contribution in [0.5, 0.6) is 0 Å². The Morgan fingerprint density at radius 3 is 2.88 bits per heavy atom. The van der Waals surface area contributed by atoms with Gasteiger partial charge in [-0.2, -0.15) is 4.68 Å². The molecule has 0 unspecified atom stereocenters. The standard InChI is InChI=1S/C16H12N6O3/c1-10-2-4-12-11(8-10)3-5-13(17-12)16-19-18-15(25-16)9-21-7-6-14(20-21)22(23)24/h2-8H,9H2,1H3. The highest BCUT2D eigenvalue weighted by Crippen LogP contribution is 2.21. The van der Waals surface area contributed by atoms with Crippen LogP contribution in [0.25, 0.3) is 22.5 Å². The molecule has 9 nitrogen and oxygen atoms in total. The van der Waals surface area contributed by atoms with E-state index in [0.29, 0.717) is 17.5 Å². The Balaban J connectivity index is 1.60. The van der Waals surface area contributed by atoms with Crippen molar-refractivity contribution in [2.45, 2.75) is 13.5 Å². The molecule has 3 heterocycles. The first kappa shape index (κ1) is 14.9. The number of nitrogens with zero attached hydrogens (tertiary/aromatic N) is 6. The molecule has 25 heavy (non-hydrogen) atoms. The van der Waals surface area contributed by atoms with Crippen molar-refractivity contribution in [3.63, 3.8) is 0 Å². The van der Waals surface area contributed by atoms with Gasteiger partial charge < -0.3 is 14.5 Å². The summed E-state index contributed by atoms with van der Waals surface area (Å²) >= 11 is 0. The Morgan fingerprint density at radius 1 is 1.20 bits per heavy atom. The van der Waals surface area contributed by atoms with Crippen LogP contribution in [0.1, 0.15) is 11.5 Å². The van der Waals surface area contributed by atoms with E-state index in [4.69, 9.17) is 4.42 Å². The minimum Gasteiger partial charge on any atom is -0.417 e. The van der Waals surface area contributed by atoms with Gasteiger partial charge >= 0.3 is 5.82 Å². The minimum absolute atomic E-state index is 0.146. The van der Waals surface area contributed by atoms with E-state index < -0.39 is 4.92 Å². The molecule has 0 bridgehead atoms. The molecule has 1 aromatic carbocycles. The minimum atomic E-state index is -0.559. The second-order valence-corrected chi connectivity index (χ2v) is 5.52. The van der Waals surface area contributed by atoms with Gasteiger partial charge in [0.15, 0.2) is 0 Å². The topological polar surface area (TPSA) is 113 Å². The lowest BCUT2D eigenvalue weighted by Crippen LogP contribution is -2.01. The summed E-state index contributed by atoms with van der Waals surface area (Å²) in [4.78, 5) is 14.6. The number of pyridine rings is 1. The Kier molecular flexibility index (Phi) is 3.46. The number of benzene rings is 1. The molecule has 0 fully saturated rings. The van der Waals surface area contributed by atoms with Crippen LogP contribution in [0.2, 0.25) is 0 Å². The number of aromatic nitrogens is 5. The third-order valence-corrected chi connectivity index (χ3v) is 3.64. The Hall–Kier alpha value is -3.62. The first-order valence-corrected chi connectivity index (χ1v) is 7.46. The van der Waals surface area contributed by atoms with Crippen molar-refractivity contribution in [1.29, 1.82) is 0 Å². The lowest BCUT2D eigenvalue weighted by atomic mass is 10.1. The van der Waals surface area contributed by atoms with Crippen LogP contribution in [0.4, 0.5) is 5.82 Å². The number of hydrogen-bond acceptors (Lipinski definition) is 7. The Morgan fingerprint density at radius 2 is 2.08 bits per heavy atom. The molecular weight excluding hydrogens is 324 g/mol. The quantitative estimate of drug-likeness (QED) is 0.416. The molecule has 9 heteroatoms. The van der Waals surface area contributed by atoms with E-state index in [-0.39, 0.29) is 12.4 Å². The molecule has 0 saturated carbocycles. The number of hydrogen-bond donors (Lipinski definition) is 0. The lowest BCUT2D eigenvalue weighted by molar-refractivity contribution is -0.389. The Bertz CT molecular complexity index is 1080. The fourth-order valence-corrected chi connectivity index (χ4v) is 2.46. The molecule has 0 amide bonds. The van der Waals surface area contributed by atoms with Crippen molar-refractivity contribution in [1.82, 2.24) is 25.0 Å². The smallest absolute Gasteiger partial charge is 0.389 e. The zero-order chi connectivity index (χ0) is 17.4. The molecule has 124 valence electrons. The second-order valence-electron chi connectivity index (χ2n) is 5.52. The van der Waals surface area contributed by atoms with Gasteiger partial charge in [0.1, 0.15) is 12.2 Å². The first-order valence-electron chi connectivity index (χ1n) is 7.46. The molecule has 0 atom stereocenters. The maximum atomic E-state index is 10.7. The molecule has 0 saturated heterocycles. The third-order valence-electron chi connectivity index (χ3n) is 3.64. The van der Waals surface area contributed by atoms with Crippen LogP contribution in [0.3, 0.4) is 0 Å². The molecule has 0 aliphatic carbocycles. The number of nitro groups is 1. The third kappa shape index (κ3) is 2.94. The number of aryl methyl sites for hydroxylation is 1. The summed E-state index contributed by atoms with van der Waals surface area (Å²) < 4.78 is 6.97. The molecule has 0 aliphatic heterocycles. The maximum absolute atomic E-state index is 10.7. The van der Waals surface area contributed by atoms with Crippen LogP contribution in [0.15, 0.2) is 47.0 Å². The van der Waals surface area contributed by atoms with Gasteiger partial charge in [0.25, 0.3) is 5.89 Å². The Labute approximate surface area is 141 Å². The van der Waals surface area contributed by atoms with Gasteiger partial charge in [-0.25, -0.2) is 4.98 Å². The van der Waals surface area contributed by atoms with E-state index in [2.05, 4.69) is 26.3 Å². The van der Waals surface area contributed by atoms with Gasteiger partial charge in [0, 0.05) is 5.39 Å². The highest BCUT2D eigenvalue weighted by atomic mass is 16.6. The predicted molar refractivity (Wildman–Crippen MR) is 87.8 cm³/mol. The van der Waals surface area contributed by atoms with Crippen LogP contribution in [-0.4, -0.2) is 29.9 Å². The maximum Gasteiger partial charge on any atom is 0.389 e. The van der Waals surface area contributed by atoms with E-state index in [9.17, 15) is 10.1 Å². The molecular formula is C16H12N6O3. The van der Waals surface area contributed by atoms with Gasteiger partial charge in [-0.05, 0) is 30.0 Å². The van der Waals surface area contributed by atoms with Gasteiger partial charge in [-0.3, -0.25) is 0 Å². The highest BCUT2D eigenvalue weighted by Gasteiger charge is 2.15. The van der Waals surface area contributed by atoms with Crippen LogP contribution in [0, 0.1) is 17.0 Å². The summed E-state index contributed by atoms with van der Waals surface area (Å²) in [5.74, 6) is 0.351. The SMILES string of the molecule is Cc1ccc2nc(-c3nnc(Cn4ccc([N+](=O)[O-])n4)o3)ccc2c1. The first-order chi connectivity index (χ1) is 12.1. The average molecular weight is 336 g/mol. The molecule has 0 radical (unpaired) electrons. The van der Waals surface area contributed by atoms with Gasteiger partial charge in [0.2, 0.25) is 5.89 Å². The van der Waals surface area contributed by atoms with Crippen molar-refractivity contribution >= 4 is 16.7 Å². The summed E-state index contributed by atoms with van der Waals surface area (Å²) in [6, 6.07) is 11.1. The molecule has 0 aliphatic rings. The van der Waals surface area contributed by atoms with Crippen molar-refractivity contribution in [3.05, 3.63) is 64.2 Å². The summed E-state index contributed by atoms with van der Waals surface area (Å²) in [5.41, 5.74) is 2.57. The summed E-state index contributed by atoms with van der Waals surface area (Å²) in [6.07, 6.45) is 1.48. The van der Waals surface area contributed by atoms with E-state index >= 15 is 0 Å². The molecule has 4 aromatic rings. The normalized spacial score (nSPS) is 11.1. The summed E-state index contributed by atoms with van der Waals surface area (Å²) in [6.45, 7) is 2.17.